The van der Waals surface area contributed by atoms with Gasteiger partial charge in [-0.3, -0.25) is 4.79 Å². The molecule has 2 aromatic rings. The van der Waals surface area contributed by atoms with E-state index in [0.717, 1.165) is 17.7 Å². The van der Waals surface area contributed by atoms with Crippen LogP contribution >= 0.6 is 0 Å². The summed E-state index contributed by atoms with van der Waals surface area (Å²) >= 11 is 0. The highest BCUT2D eigenvalue weighted by molar-refractivity contribution is 6.02. The second-order valence-electron chi connectivity index (χ2n) is 5.03. The lowest BCUT2D eigenvalue weighted by atomic mass is 9.92. The molecular formula is C16H10F4O. The van der Waals surface area contributed by atoms with E-state index in [-0.39, 0.29) is 23.7 Å². The highest BCUT2D eigenvalue weighted by atomic mass is 19.4. The molecular weight excluding hydrogens is 284 g/mol. The molecule has 0 aromatic heterocycles. The molecule has 108 valence electrons. The van der Waals surface area contributed by atoms with Gasteiger partial charge < -0.3 is 0 Å². The summed E-state index contributed by atoms with van der Waals surface area (Å²) in [5.74, 6) is -1.02. The molecule has 0 aliphatic heterocycles. The Morgan fingerprint density at radius 1 is 1.00 bits per heavy atom. The fraction of sp³-hybridized carbons (Fsp3) is 0.188. The highest BCUT2D eigenvalue weighted by Crippen LogP contribution is 2.40. The molecule has 1 nitrogen and oxygen atoms in total. The van der Waals surface area contributed by atoms with Gasteiger partial charge in [0.05, 0.1) is 5.56 Å². The number of benzene rings is 2. The van der Waals surface area contributed by atoms with Crippen LogP contribution in [0.3, 0.4) is 0 Å². The maximum Gasteiger partial charge on any atom is 0.416 e. The van der Waals surface area contributed by atoms with Crippen molar-refractivity contribution in [1.29, 1.82) is 0 Å². The molecule has 1 aliphatic carbocycles. The fourth-order valence-electron chi connectivity index (χ4n) is 2.68. The average Bonchev–Trinajstić information content (AvgIpc) is 2.76. The number of fused-ring (bicyclic) bond motifs is 1. The highest BCUT2D eigenvalue weighted by Gasteiger charge is 2.35. The monoisotopic (exact) mass is 294 g/mol. The first-order valence-corrected chi connectivity index (χ1v) is 6.36. The molecule has 1 atom stereocenters. The number of carbonyl (C=O) groups excluding carboxylic acids is 1. The van der Waals surface area contributed by atoms with Gasteiger partial charge in [-0.15, -0.1) is 0 Å². The molecule has 0 heterocycles. The van der Waals surface area contributed by atoms with E-state index in [1.54, 1.807) is 12.1 Å². The molecule has 0 bridgehead atoms. The molecule has 0 saturated heterocycles. The van der Waals surface area contributed by atoms with E-state index in [0.29, 0.717) is 5.56 Å². The second-order valence-corrected chi connectivity index (χ2v) is 5.03. The lowest BCUT2D eigenvalue weighted by Gasteiger charge is -2.12. The van der Waals surface area contributed by atoms with Crippen molar-refractivity contribution in [2.45, 2.75) is 18.5 Å². The first-order valence-electron chi connectivity index (χ1n) is 6.36. The molecule has 21 heavy (non-hydrogen) atoms. The van der Waals surface area contributed by atoms with Crippen LogP contribution in [0.1, 0.15) is 39.4 Å². The predicted octanol–water partition coefficient (Wildman–Crippen LogP) is 4.56. The van der Waals surface area contributed by atoms with Gasteiger partial charge in [-0.05, 0) is 35.4 Å². The van der Waals surface area contributed by atoms with Gasteiger partial charge in [0.2, 0.25) is 0 Å². The maximum absolute atomic E-state index is 12.9. The van der Waals surface area contributed by atoms with Crippen molar-refractivity contribution in [3.05, 3.63) is 70.5 Å². The number of halogens is 4. The van der Waals surface area contributed by atoms with E-state index in [2.05, 4.69) is 0 Å². The smallest absolute Gasteiger partial charge is 0.294 e. The Balaban J connectivity index is 2.04. The third kappa shape index (κ3) is 2.44. The Morgan fingerprint density at radius 2 is 1.67 bits per heavy atom. The zero-order valence-electron chi connectivity index (χ0n) is 10.7. The van der Waals surface area contributed by atoms with Crippen LogP contribution in [0.4, 0.5) is 17.6 Å². The summed E-state index contributed by atoms with van der Waals surface area (Å²) in [4.78, 5) is 12.0. The van der Waals surface area contributed by atoms with Gasteiger partial charge in [-0.25, -0.2) is 4.39 Å². The predicted molar refractivity (Wildman–Crippen MR) is 68.6 cm³/mol. The second kappa shape index (κ2) is 4.69. The molecule has 3 rings (SSSR count). The molecule has 0 radical (unpaired) electrons. The Hall–Kier alpha value is -2.17. The minimum atomic E-state index is -4.47. The van der Waals surface area contributed by atoms with Crippen molar-refractivity contribution in [2.24, 2.45) is 0 Å². The number of rotatable bonds is 1. The van der Waals surface area contributed by atoms with Crippen LogP contribution in [0.5, 0.6) is 0 Å². The Labute approximate surface area is 118 Å². The summed E-state index contributed by atoms with van der Waals surface area (Å²) in [5.41, 5.74) is 0.580. The SMILES string of the molecule is O=C1C[C@H](c2ccc(F)cc2)c2ccc(C(F)(F)F)cc21. The van der Waals surface area contributed by atoms with Crippen molar-refractivity contribution in [2.75, 3.05) is 0 Å². The Kier molecular flexibility index (Phi) is 3.08. The molecule has 0 spiro atoms. The van der Waals surface area contributed by atoms with Gasteiger partial charge in [0.25, 0.3) is 0 Å². The first kappa shape index (κ1) is 13.8. The largest absolute Gasteiger partial charge is 0.416 e. The van der Waals surface area contributed by atoms with E-state index in [1.165, 1.54) is 18.2 Å². The third-order valence-electron chi connectivity index (χ3n) is 3.72. The Morgan fingerprint density at radius 3 is 2.29 bits per heavy atom. The Bertz CT molecular complexity index is 701. The third-order valence-corrected chi connectivity index (χ3v) is 3.72. The summed E-state index contributed by atoms with van der Waals surface area (Å²) in [7, 11) is 0. The van der Waals surface area contributed by atoms with E-state index in [1.807, 2.05) is 0 Å². The molecule has 1 aliphatic rings. The maximum atomic E-state index is 12.9. The zero-order valence-corrected chi connectivity index (χ0v) is 10.7. The summed E-state index contributed by atoms with van der Waals surface area (Å²) < 4.78 is 51.0. The van der Waals surface area contributed by atoms with Crippen molar-refractivity contribution in [3.8, 4) is 0 Å². The molecule has 0 N–H and O–H groups in total. The quantitative estimate of drug-likeness (QED) is 0.704. The number of Topliss-reactive ketones (excluding diaryl/α,β-unsaturated/α-hetero) is 1. The number of hydrogen-bond donors (Lipinski definition) is 0. The fourth-order valence-corrected chi connectivity index (χ4v) is 2.68. The van der Waals surface area contributed by atoms with E-state index in [4.69, 9.17) is 0 Å². The molecule has 2 aromatic carbocycles. The van der Waals surface area contributed by atoms with Gasteiger partial charge >= 0.3 is 6.18 Å². The minimum absolute atomic E-state index is 0.110. The van der Waals surface area contributed by atoms with Gasteiger partial charge in [0.1, 0.15) is 5.82 Å². The average molecular weight is 294 g/mol. The van der Waals surface area contributed by atoms with Crippen molar-refractivity contribution in [3.63, 3.8) is 0 Å². The van der Waals surface area contributed by atoms with Crippen LogP contribution in [0, 0.1) is 5.82 Å². The lowest BCUT2D eigenvalue weighted by Crippen LogP contribution is -2.06. The molecule has 0 fully saturated rings. The summed E-state index contributed by atoms with van der Waals surface area (Å²) in [5, 5.41) is 0. The number of hydrogen-bond acceptors (Lipinski definition) is 1. The number of ketones is 1. The summed E-state index contributed by atoms with van der Waals surface area (Å²) in [6.07, 6.45) is -4.36. The van der Waals surface area contributed by atoms with Gasteiger partial charge in [0.15, 0.2) is 5.78 Å². The summed E-state index contributed by atoms with van der Waals surface area (Å²) in [6, 6.07) is 8.90. The van der Waals surface area contributed by atoms with Crippen LogP contribution in [-0.4, -0.2) is 5.78 Å². The number of alkyl halides is 3. The van der Waals surface area contributed by atoms with E-state index >= 15 is 0 Å². The van der Waals surface area contributed by atoms with Crippen molar-refractivity contribution < 1.29 is 22.4 Å². The van der Waals surface area contributed by atoms with Crippen LogP contribution in [0.15, 0.2) is 42.5 Å². The van der Waals surface area contributed by atoms with Gasteiger partial charge in [-0.2, -0.15) is 13.2 Å². The molecule has 0 amide bonds. The molecule has 0 unspecified atom stereocenters. The van der Waals surface area contributed by atoms with Gasteiger partial charge in [0, 0.05) is 17.9 Å². The topological polar surface area (TPSA) is 17.1 Å². The minimum Gasteiger partial charge on any atom is -0.294 e. The molecule has 5 heteroatoms. The van der Waals surface area contributed by atoms with Gasteiger partial charge in [-0.1, -0.05) is 18.2 Å². The van der Waals surface area contributed by atoms with E-state index in [9.17, 15) is 22.4 Å². The van der Waals surface area contributed by atoms with Crippen LogP contribution in [0.2, 0.25) is 0 Å². The van der Waals surface area contributed by atoms with Crippen LogP contribution in [0.25, 0.3) is 0 Å². The van der Waals surface area contributed by atoms with Crippen LogP contribution < -0.4 is 0 Å². The summed E-state index contributed by atoms with van der Waals surface area (Å²) in [6.45, 7) is 0. The normalized spacial score (nSPS) is 17.9. The van der Waals surface area contributed by atoms with Crippen molar-refractivity contribution >= 4 is 5.78 Å². The zero-order chi connectivity index (χ0) is 15.2. The standard InChI is InChI=1S/C16H10F4O/c17-11-4-1-9(2-5-11)13-8-15(21)14-7-10(16(18,19)20)3-6-12(13)14/h1-7,13H,8H2/t13-/m1/s1. The number of carbonyl (C=O) groups is 1. The van der Waals surface area contributed by atoms with E-state index < -0.39 is 17.6 Å². The lowest BCUT2D eigenvalue weighted by molar-refractivity contribution is -0.137. The first-order chi connectivity index (χ1) is 9.86. The molecule has 0 saturated carbocycles. The van der Waals surface area contributed by atoms with Crippen molar-refractivity contribution in [1.82, 2.24) is 0 Å². The van der Waals surface area contributed by atoms with Crippen LogP contribution in [-0.2, 0) is 6.18 Å².